The van der Waals surface area contributed by atoms with E-state index in [-0.39, 0.29) is 12.2 Å². The Hall–Kier alpha value is -1.98. The van der Waals surface area contributed by atoms with Crippen LogP contribution in [-0.2, 0) is 4.74 Å². The summed E-state index contributed by atoms with van der Waals surface area (Å²) in [6.45, 7) is 6.02. The monoisotopic (exact) mass is 325 g/mol. The molecule has 1 aliphatic rings. The number of hydrogen-bond donors (Lipinski definition) is 0. The van der Waals surface area contributed by atoms with Gasteiger partial charge in [-0.3, -0.25) is 4.98 Å². The van der Waals surface area contributed by atoms with Crippen LogP contribution in [0, 0.1) is 0 Å². The van der Waals surface area contributed by atoms with Gasteiger partial charge >= 0.3 is 0 Å². The van der Waals surface area contributed by atoms with Gasteiger partial charge in [0.1, 0.15) is 16.0 Å². The van der Waals surface area contributed by atoms with Gasteiger partial charge in [0.2, 0.25) is 0 Å². The van der Waals surface area contributed by atoms with Crippen LogP contribution in [0.2, 0.25) is 0 Å². The fourth-order valence-corrected chi connectivity index (χ4v) is 4.00. The summed E-state index contributed by atoms with van der Waals surface area (Å²) >= 11 is 1.54. The molecule has 0 amide bonds. The lowest BCUT2D eigenvalue weighted by Gasteiger charge is -2.35. The number of rotatable bonds is 2. The molecule has 3 heterocycles. The van der Waals surface area contributed by atoms with E-state index in [1.54, 1.807) is 0 Å². The van der Waals surface area contributed by atoms with Crippen molar-refractivity contribution >= 4 is 27.6 Å². The average molecular weight is 325 g/mol. The minimum atomic E-state index is 0.236. The summed E-state index contributed by atoms with van der Waals surface area (Å²) in [6, 6.07) is 12.4. The van der Waals surface area contributed by atoms with Crippen LogP contribution in [0.15, 0.2) is 42.6 Å². The van der Waals surface area contributed by atoms with Gasteiger partial charge in [0.15, 0.2) is 0 Å². The summed E-state index contributed by atoms with van der Waals surface area (Å²) in [4.78, 5) is 7.06. The number of morpholine rings is 1. The summed E-state index contributed by atoms with van der Waals surface area (Å²) in [5, 5.41) is 1.15. The maximum absolute atomic E-state index is 5.83. The molecule has 5 heteroatoms. The Morgan fingerprint density at radius 1 is 1.09 bits per heavy atom. The summed E-state index contributed by atoms with van der Waals surface area (Å²) in [5.41, 5.74) is 4.25. The van der Waals surface area contributed by atoms with Gasteiger partial charge in [-0.1, -0.05) is 30.3 Å². The summed E-state index contributed by atoms with van der Waals surface area (Å²) in [6.07, 6.45) is 2.42. The Morgan fingerprint density at radius 2 is 1.83 bits per heavy atom. The molecule has 0 aliphatic carbocycles. The quantitative estimate of drug-likeness (QED) is 0.714. The van der Waals surface area contributed by atoms with Crippen LogP contribution in [0.3, 0.4) is 0 Å². The van der Waals surface area contributed by atoms with E-state index in [1.807, 2.05) is 24.4 Å². The summed E-state index contributed by atoms with van der Waals surface area (Å²) in [5.74, 6) is 0. The number of aromatic nitrogens is 2. The molecule has 1 aliphatic heterocycles. The van der Waals surface area contributed by atoms with Gasteiger partial charge in [-0.05, 0) is 37.0 Å². The number of fused-ring (bicyclic) bond motifs is 1. The van der Waals surface area contributed by atoms with Gasteiger partial charge in [-0.25, -0.2) is 0 Å². The Morgan fingerprint density at radius 3 is 2.57 bits per heavy atom. The van der Waals surface area contributed by atoms with Gasteiger partial charge in [0.05, 0.1) is 12.2 Å². The number of nitrogens with zero attached hydrogens (tertiary/aromatic N) is 3. The third-order valence-corrected chi connectivity index (χ3v) is 5.03. The minimum absolute atomic E-state index is 0.236. The van der Waals surface area contributed by atoms with Gasteiger partial charge in [0.25, 0.3) is 0 Å². The molecule has 0 saturated carbocycles. The predicted octanol–water partition coefficient (Wildman–Crippen LogP) is 3.97. The van der Waals surface area contributed by atoms with Crippen molar-refractivity contribution in [2.75, 3.05) is 18.0 Å². The lowest BCUT2D eigenvalue weighted by Crippen LogP contribution is -2.45. The number of hydrogen-bond acceptors (Lipinski definition) is 5. The Labute approximate surface area is 139 Å². The zero-order chi connectivity index (χ0) is 15.8. The highest BCUT2D eigenvalue weighted by Gasteiger charge is 2.25. The molecule has 1 saturated heterocycles. The lowest BCUT2D eigenvalue weighted by atomic mass is 10.1. The summed E-state index contributed by atoms with van der Waals surface area (Å²) < 4.78 is 10.5. The maximum atomic E-state index is 5.83. The van der Waals surface area contributed by atoms with E-state index < -0.39 is 0 Å². The predicted molar refractivity (Wildman–Crippen MR) is 95.1 cm³/mol. The Bertz CT molecular complexity index is 808. The molecule has 2 atom stereocenters. The van der Waals surface area contributed by atoms with Gasteiger partial charge < -0.3 is 9.64 Å². The number of benzene rings is 1. The summed E-state index contributed by atoms with van der Waals surface area (Å²) in [7, 11) is 0. The Kier molecular flexibility index (Phi) is 3.75. The van der Waals surface area contributed by atoms with Crippen molar-refractivity contribution in [2.45, 2.75) is 26.1 Å². The van der Waals surface area contributed by atoms with Crippen molar-refractivity contribution in [1.82, 2.24) is 9.36 Å². The molecule has 0 bridgehead atoms. The minimum Gasteiger partial charge on any atom is -0.372 e. The number of pyridine rings is 1. The van der Waals surface area contributed by atoms with Crippen LogP contribution < -0.4 is 4.90 Å². The second-order valence-corrected chi connectivity index (χ2v) is 6.86. The molecule has 0 N–H and O–H groups in total. The molecule has 1 fully saturated rings. The first kappa shape index (κ1) is 14.6. The second kappa shape index (κ2) is 5.91. The molecule has 0 unspecified atom stereocenters. The van der Waals surface area contributed by atoms with E-state index >= 15 is 0 Å². The molecule has 0 radical (unpaired) electrons. The normalized spacial score (nSPS) is 21.7. The van der Waals surface area contributed by atoms with Crippen molar-refractivity contribution in [3.05, 3.63) is 42.6 Å². The van der Waals surface area contributed by atoms with Crippen molar-refractivity contribution in [3.8, 4) is 11.1 Å². The molecule has 4 rings (SSSR count). The van der Waals surface area contributed by atoms with E-state index in [4.69, 9.17) is 9.72 Å². The first-order valence-corrected chi connectivity index (χ1v) is 8.69. The van der Waals surface area contributed by atoms with E-state index in [1.165, 1.54) is 17.1 Å². The maximum Gasteiger partial charge on any atom is 0.138 e. The largest absolute Gasteiger partial charge is 0.372 e. The lowest BCUT2D eigenvalue weighted by molar-refractivity contribution is -0.00494. The van der Waals surface area contributed by atoms with Crippen molar-refractivity contribution < 1.29 is 4.74 Å². The topological polar surface area (TPSA) is 38.2 Å². The fraction of sp³-hybridized carbons (Fsp3) is 0.333. The van der Waals surface area contributed by atoms with Gasteiger partial charge in [-0.2, -0.15) is 4.37 Å². The fourth-order valence-electron chi connectivity index (χ4n) is 3.16. The standard InChI is InChI=1S/C18H19N3OS/c1-12-10-21(11-13(2)22-12)18-17-16(20-23-18)8-15(9-19-17)14-6-4-3-5-7-14/h3-9,12-13H,10-11H2,1-2H3/t12-,13+. The van der Waals surface area contributed by atoms with Crippen LogP contribution in [0.1, 0.15) is 13.8 Å². The first-order chi connectivity index (χ1) is 11.2. The van der Waals surface area contributed by atoms with Crippen LogP contribution >= 0.6 is 11.5 Å². The van der Waals surface area contributed by atoms with E-state index in [2.05, 4.69) is 41.3 Å². The van der Waals surface area contributed by atoms with E-state index in [0.29, 0.717) is 0 Å². The SMILES string of the molecule is C[C@@H]1CN(c2snc3cc(-c4ccccc4)cnc23)C[C@H](C)O1. The van der Waals surface area contributed by atoms with Crippen LogP contribution in [0.5, 0.6) is 0 Å². The van der Waals surface area contributed by atoms with Crippen LogP contribution in [0.4, 0.5) is 5.00 Å². The van der Waals surface area contributed by atoms with Crippen molar-refractivity contribution in [2.24, 2.45) is 0 Å². The van der Waals surface area contributed by atoms with Crippen molar-refractivity contribution in [3.63, 3.8) is 0 Å². The third kappa shape index (κ3) is 2.82. The zero-order valence-electron chi connectivity index (χ0n) is 13.3. The van der Waals surface area contributed by atoms with E-state index in [0.717, 1.165) is 34.7 Å². The van der Waals surface area contributed by atoms with Crippen molar-refractivity contribution in [1.29, 1.82) is 0 Å². The zero-order valence-corrected chi connectivity index (χ0v) is 14.1. The van der Waals surface area contributed by atoms with Gasteiger partial charge in [-0.15, -0.1) is 0 Å². The molecule has 2 aromatic heterocycles. The molecular weight excluding hydrogens is 306 g/mol. The van der Waals surface area contributed by atoms with Crippen LogP contribution in [0.25, 0.3) is 22.2 Å². The Balaban J connectivity index is 1.71. The highest BCUT2D eigenvalue weighted by Crippen LogP contribution is 2.33. The van der Waals surface area contributed by atoms with E-state index in [9.17, 15) is 0 Å². The molecule has 23 heavy (non-hydrogen) atoms. The highest BCUT2D eigenvalue weighted by molar-refractivity contribution is 7.11. The van der Waals surface area contributed by atoms with Crippen LogP contribution in [-0.4, -0.2) is 34.7 Å². The van der Waals surface area contributed by atoms with Gasteiger partial charge in [0, 0.05) is 24.8 Å². The highest BCUT2D eigenvalue weighted by atomic mass is 32.1. The molecule has 1 aromatic carbocycles. The first-order valence-electron chi connectivity index (χ1n) is 7.92. The molecule has 118 valence electrons. The third-order valence-electron chi connectivity index (χ3n) is 4.11. The smallest absolute Gasteiger partial charge is 0.138 e. The second-order valence-electron chi connectivity index (χ2n) is 6.11. The molecular formula is C18H19N3OS. The average Bonchev–Trinajstić information content (AvgIpc) is 2.98. The molecule has 4 nitrogen and oxygen atoms in total. The number of ether oxygens (including phenoxy) is 1. The molecule has 3 aromatic rings. The number of anilines is 1. The molecule has 0 spiro atoms.